The molecule has 24 heavy (non-hydrogen) atoms. The van der Waals surface area contributed by atoms with Crippen molar-refractivity contribution in [3.05, 3.63) is 12.2 Å². The quantitative estimate of drug-likeness (QED) is 0.589. The molecular weight excluding hydrogens is 316 g/mol. The Morgan fingerprint density at radius 3 is 2.42 bits per heavy atom. The summed E-state index contributed by atoms with van der Waals surface area (Å²) in [4.78, 5) is 12.1. The van der Waals surface area contributed by atoms with Gasteiger partial charge in [-0.05, 0) is 56.2 Å². The summed E-state index contributed by atoms with van der Waals surface area (Å²) in [5.41, 5.74) is -0.673. The Kier molecular flexibility index (Phi) is 5.27. The molecule has 0 aromatic heterocycles. The lowest BCUT2D eigenvalue weighted by atomic mass is 9.64. The summed E-state index contributed by atoms with van der Waals surface area (Å²) in [7, 11) is -1.82. The second-order valence-corrected chi connectivity index (χ2v) is 14.9. The Morgan fingerprint density at radius 1 is 1.29 bits per heavy atom. The van der Waals surface area contributed by atoms with Crippen molar-refractivity contribution in [2.24, 2.45) is 17.3 Å². The van der Waals surface area contributed by atoms with E-state index in [9.17, 15) is 9.90 Å². The molecule has 0 bridgehead atoms. The molecule has 0 heterocycles. The molecule has 3 nitrogen and oxygen atoms in total. The van der Waals surface area contributed by atoms with Gasteiger partial charge in [-0.2, -0.15) is 0 Å². The van der Waals surface area contributed by atoms with E-state index in [1.165, 1.54) is 0 Å². The highest BCUT2D eigenvalue weighted by atomic mass is 28.4. The van der Waals surface area contributed by atoms with Crippen LogP contribution in [0.25, 0.3) is 0 Å². The van der Waals surface area contributed by atoms with E-state index in [-0.39, 0.29) is 22.3 Å². The fourth-order valence-corrected chi connectivity index (χ4v) is 4.78. The van der Waals surface area contributed by atoms with E-state index in [1.54, 1.807) is 0 Å². The smallest absolute Gasteiger partial charge is 0.191 e. The molecule has 0 radical (unpaired) electrons. The first-order valence-corrected chi connectivity index (χ1v) is 12.3. The Balaban J connectivity index is 2.14. The van der Waals surface area contributed by atoms with Gasteiger partial charge >= 0.3 is 0 Å². The van der Waals surface area contributed by atoms with Crippen LogP contribution in [0.2, 0.25) is 18.1 Å². The zero-order valence-corrected chi connectivity index (χ0v) is 17.6. The molecule has 138 valence electrons. The zero-order valence-electron chi connectivity index (χ0n) is 16.6. The first kappa shape index (κ1) is 19.9. The predicted molar refractivity (Wildman–Crippen MR) is 101 cm³/mol. The minimum atomic E-state index is -1.82. The average molecular weight is 353 g/mol. The van der Waals surface area contributed by atoms with Gasteiger partial charge < -0.3 is 9.53 Å². The van der Waals surface area contributed by atoms with Crippen LogP contribution in [0.15, 0.2) is 12.2 Å². The minimum absolute atomic E-state index is 0.0287. The van der Waals surface area contributed by atoms with Crippen LogP contribution in [0.1, 0.15) is 60.3 Å². The third-order valence-electron chi connectivity index (χ3n) is 6.78. The number of Topliss-reactive ketones (excluding diaryl/α,β-unsaturated/α-hetero) is 1. The minimum Gasteiger partial charge on any atom is -0.417 e. The van der Waals surface area contributed by atoms with Crippen LogP contribution in [0.5, 0.6) is 0 Å². The Bertz CT molecular complexity index is 510. The zero-order chi connectivity index (χ0) is 18.4. The van der Waals surface area contributed by atoms with Crippen LogP contribution < -0.4 is 0 Å². The summed E-state index contributed by atoms with van der Waals surface area (Å²) in [5, 5.41) is 10.6. The van der Waals surface area contributed by atoms with E-state index in [2.05, 4.69) is 46.0 Å². The Hall–Kier alpha value is -0.453. The highest BCUT2D eigenvalue weighted by molar-refractivity contribution is 6.74. The number of hydrogen-bond donors (Lipinski definition) is 1. The third kappa shape index (κ3) is 4.02. The fraction of sp³-hybridized carbons (Fsp3) is 0.850. The van der Waals surface area contributed by atoms with Crippen molar-refractivity contribution >= 4 is 14.1 Å². The molecule has 0 aromatic rings. The third-order valence-corrected chi connectivity index (χ3v) is 11.3. The van der Waals surface area contributed by atoms with Gasteiger partial charge in [0, 0.05) is 25.4 Å². The maximum Gasteiger partial charge on any atom is 0.191 e. The molecule has 4 heteroatoms. The van der Waals surface area contributed by atoms with Gasteiger partial charge in [0.15, 0.2) is 8.32 Å². The molecule has 2 aliphatic carbocycles. The van der Waals surface area contributed by atoms with Crippen molar-refractivity contribution in [2.75, 3.05) is 6.61 Å². The number of carbonyl (C=O) groups excluding carboxylic acids is 1. The summed E-state index contributed by atoms with van der Waals surface area (Å²) >= 11 is 0. The molecule has 1 spiro atoms. The molecular formula is C20H36O3Si. The largest absolute Gasteiger partial charge is 0.417 e. The summed E-state index contributed by atoms with van der Waals surface area (Å²) in [5.74, 6) is 0.780. The standard InChI is InChI=1S/C20H36O3Si/c1-18(2,3)24(6,7)23-14-16-12-17(21)9-11-20(16)10-8-15(13-20)19(4,5)22/h8,10,15-16,22H,9,11-14H2,1-7H3/t15-,16?,20-/m1/s1. The van der Waals surface area contributed by atoms with Gasteiger partial charge in [-0.15, -0.1) is 0 Å². The molecule has 1 unspecified atom stereocenters. The van der Waals surface area contributed by atoms with Gasteiger partial charge in [-0.25, -0.2) is 0 Å². The molecule has 1 N–H and O–H groups in total. The number of hydrogen-bond acceptors (Lipinski definition) is 3. The van der Waals surface area contributed by atoms with Gasteiger partial charge in [0.2, 0.25) is 0 Å². The van der Waals surface area contributed by atoms with Crippen LogP contribution in [0.3, 0.4) is 0 Å². The topological polar surface area (TPSA) is 46.5 Å². The summed E-state index contributed by atoms with van der Waals surface area (Å²) in [6, 6.07) is 0. The second-order valence-electron chi connectivity index (χ2n) is 10.1. The number of aliphatic hydroxyl groups is 1. The van der Waals surface area contributed by atoms with Crippen molar-refractivity contribution in [1.29, 1.82) is 0 Å². The van der Waals surface area contributed by atoms with Crippen molar-refractivity contribution in [2.45, 2.75) is 84.0 Å². The Morgan fingerprint density at radius 2 is 1.92 bits per heavy atom. The molecule has 1 fully saturated rings. The van der Waals surface area contributed by atoms with Crippen LogP contribution in [-0.4, -0.2) is 31.4 Å². The van der Waals surface area contributed by atoms with Gasteiger partial charge in [0.05, 0.1) is 5.60 Å². The molecule has 0 saturated heterocycles. The molecule has 0 aromatic carbocycles. The molecule has 1 saturated carbocycles. The van der Waals surface area contributed by atoms with E-state index in [0.29, 0.717) is 25.2 Å². The van der Waals surface area contributed by atoms with E-state index in [1.807, 2.05) is 13.8 Å². The van der Waals surface area contributed by atoms with Gasteiger partial charge in [-0.3, -0.25) is 4.79 Å². The summed E-state index contributed by atoms with van der Waals surface area (Å²) in [6.45, 7) is 15.7. The normalized spacial score (nSPS) is 31.9. The van der Waals surface area contributed by atoms with Crippen molar-refractivity contribution in [3.63, 3.8) is 0 Å². The second kappa shape index (κ2) is 6.37. The predicted octanol–water partition coefficient (Wildman–Crippen LogP) is 4.71. The highest BCUT2D eigenvalue weighted by Gasteiger charge is 2.48. The molecule has 2 rings (SSSR count). The lowest BCUT2D eigenvalue weighted by Crippen LogP contribution is -2.45. The van der Waals surface area contributed by atoms with Gasteiger partial charge in [-0.1, -0.05) is 32.9 Å². The number of carbonyl (C=O) groups is 1. The number of allylic oxidation sites excluding steroid dienone is 1. The van der Waals surface area contributed by atoms with Crippen LogP contribution in [-0.2, 0) is 9.22 Å². The average Bonchev–Trinajstić information content (AvgIpc) is 2.84. The van der Waals surface area contributed by atoms with Crippen LogP contribution in [0, 0.1) is 17.3 Å². The van der Waals surface area contributed by atoms with E-state index < -0.39 is 13.9 Å². The van der Waals surface area contributed by atoms with Crippen molar-refractivity contribution < 1.29 is 14.3 Å². The number of rotatable bonds is 4. The lowest BCUT2D eigenvalue weighted by Gasteiger charge is -2.44. The number of ketones is 1. The van der Waals surface area contributed by atoms with E-state index >= 15 is 0 Å². The summed E-state index contributed by atoms with van der Waals surface area (Å²) < 4.78 is 6.48. The SMILES string of the molecule is CC(C)(O)[C@@H]1C=C[C@@]2(CCC(=O)CC2CO[Si](C)(C)C(C)(C)C)C1. The molecule has 3 atom stereocenters. The molecule has 2 aliphatic rings. The first-order valence-electron chi connectivity index (χ1n) is 9.34. The molecule has 0 amide bonds. The van der Waals surface area contributed by atoms with Crippen molar-refractivity contribution in [1.82, 2.24) is 0 Å². The van der Waals surface area contributed by atoms with E-state index in [0.717, 1.165) is 12.8 Å². The van der Waals surface area contributed by atoms with Crippen LogP contribution >= 0.6 is 0 Å². The fourth-order valence-electron chi connectivity index (χ4n) is 3.73. The first-order chi connectivity index (χ1) is 10.8. The monoisotopic (exact) mass is 352 g/mol. The van der Waals surface area contributed by atoms with Gasteiger partial charge in [0.25, 0.3) is 0 Å². The lowest BCUT2D eigenvalue weighted by molar-refractivity contribution is -0.125. The summed E-state index contributed by atoms with van der Waals surface area (Å²) in [6.07, 6.45) is 7.60. The van der Waals surface area contributed by atoms with E-state index in [4.69, 9.17) is 4.43 Å². The Labute approximate surface area is 149 Å². The van der Waals surface area contributed by atoms with Crippen molar-refractivity contribution in [3.8, 4) is 0 Å². The highest BCUT2D eigenvalue weighted by Crippen LogP contribution is 2.52. The maximum atomic E-state index is 12.1. The molecule has 0 aliphatic heterocycles. The van der Waals surface area contributed by atoms with Gasteiger partial charge in [0.1, 0.15) is 5.78 Å². The maximum absolute atomic E-state index is 12.1. The van der Waals surface area contributed by atoms with Crippen LogP contribution in [0.4, 0.5) is 0 Å².